The standard InChI is InChI=1S/C29H38N4O3/c1-36-26-12-6-5-11-25(26)32-21-19-31(20-22-32)17-7-8-18-33-27(34)29(30-28(33)35)15-13-24(14-16-29)23-9-3-2-4-10-23/h2-6,9-12,24H,7-8,13-22H2,1H3,(H,30,35). The van der Waals surface area contributed by atoms with Gasteiger partial charge in [-0.1, -0.05) is 42.5 Å². The molecule has 2 aromatic rings. The number of para-hydroxylation sites is 2. The number of unbranched alkanes of at least 4 members (excludes halogenated alkanes) is 1. The van der Waals surface area contributed by atoms with Gasteiger partial charge in [-0.25, -0.2) is 4.79 Å². The van der Waals surface area contributed by atoms with Gasteiger partial charge in [-0.05, 0) is 68.7 Å². The van der Waals surface area contributed by atoms with Crippen molar-refractivity contribution in [3.05, 3.63) is 60.2 Å². The Morgan fingerprint density at radius 3 is 2.28 bits per heavy atom. The maximum atomic E-state index is 13.3. The van der Waals surface area contributed by atoms with Gasteiger partial charge in [0.2, 0.25) is 0 Å². The summed E-state index contributed by atoms with van der Waals surface area (Å²) in [5.41, 5.74) is 1.81. The first-order chi connectivity index (χ1) is 17.6. The fourth-order valence-electron chi connectivity index (χ4n) is 6.10. The van der Waals surface area contributed by atoms with Gasteiger partial charge in [0.15, 0.2) is 0 Å². The predicted molar refractivity (Wildman–Crippen MR) is 142 cm³/mol. The summed E-state index contributed by atoms with van der Waals surface area (Å²) in [4.78, 5) is 32.3. The summed E-state index contributed by atoms with van der Waals surface area (Å²) in [6.45, 7) is 5.46. The SMILES string of the molecule is COc1ccccc1N1CCN(CCCCN2C(=O)NC3(CCC(c4ccccc4)CC3)C2=O)CC1. The minimum absolute atomic E-state index is 0.00978. The molecule has 0 bridgehead atoms. The van der Waals surface area contributed by atoms with Crippen LogP contribution in [0.1, 0.15) is 50.0 Å². The Kier molecular flexibility index (Phi) is 7.46. The highest BCUT2D eigenvalue weighted by Crippen LogP contribution is 2.41. The van der Waals surface area contributed by atoms with Crippen molar-refractivity contribution in [2.75, 3.05) is 51.3 Å². The first-order valence-electron chi connectivity index (χ1n) is 13.4. The number of nitrogens with one attached hydrogen (secondary N) is 1. The second-order valence-electron chi connectivity index (χ2n) is 10.4. The topological polar surface area (TPSA) is 65.1 Å². The molecule has 3 amide bonds. The molecular formula is C29H38N4O3. The van der Waals surface area contributed by atoms with Crippen molar-refractivity contribution >= 4 is 17.6 Å². The maximum Gasteiger partial charge on any atom is 0.325 e. The summed E-state index contributed by atoms with van der Waals surface area (Å²) in [6, 6.07) is 18.5. The van der Waals surface area contributed by atoms with E-state index in [9.17, 15) is 9.59 Å². The van der Waals surface area contributed by atoms with Gasteiger partial charge in [-0.15, -0.1) is 0 Å². The van der Waals surface area contributed by atoms with Crippen molar-refractivity contribution in [1.29, 1.82) is 0 Å². The number of carbonyl (C=O) groups excluding carboxylic acids is 2. The van der Waals surface area contributed by atoms with Crippen molar-refractivity contribution < 1.29 is 14.3 Å². The van der Waals surface area contributed by atoms with Crippen LogP contribution in [-0.4, -0.2) is 73.7 Å². The van der Waals surface area contributed by atoms with Crippen LogP contribution < -0.4 is 15.0 Å². The highest BCUT2D eigenvalue weighted by Gasteiger charge is 2.52. The lowest BCUT2D eigenvalue weighted by atomic mass is 9.74. The molecule has 1 aliphatic carbocycles. The molecule has 1 N–H and O–H groups in total. The summed E-state index contributed by atoms with van der Waals surface area (Å²) in [6.07, 6.45) is 5.15. The Hall–Kier alpha value is -3.06. The lowest BCUT2D eigenvalue weighted by Gasteiger charge is -2.36. The first kappa shape index (κ1) is 24.6. The molecule has 7 nitrogen and oxygen atoms in total. The monoisotopic (exact) mass is 490 g/mol. The number of hydrogen-bond acceptors (Lipinski definition) is 5. The molecule has 5 rings (SSSR count). The number of rotatable bonds is 8. The Morgan fingerprint density at radius 2 is 1.56 bits per heavy atom. The summed E-state index contributed by atoms with van der Waals surface area (Å²) in [7, 11) is 1.72. The van der Waals surface area contributed by atoms with Crippen LogP contribution in [0, 0.1) is 0 Å². The Morgan fingerprint density at radius 1 is 0.889 bits per heavy atom. The first-order valence-corrected chi connectivity index (χ1v) is 13.4. The fourth-order valence-corrected chi connectivity index (χ4v) is 6.10. The zero-order valence-corrected chi connectivity index (χ0v) is 21.3. The van der Waals surface area contributed by atoms with Crippen LogP contribution in [0.15, 0.2) is 54.6 Å². The average molecular weight is 491 g/mol. The number of imide groups is 1. The Labute approximate surface area is 214 Å². The lowest BCUT2D eigenvalue weighted by molar-refractivity contribution is -0.132. The number of anilines is 1. The smallest absolute Gasteiger partial charge is 0.325 e. The molecule has 2 heterocycles. The predicted octanol–water partition coefficient (Wildman–Crippen LogP) is 4.25. The van der Waals surface area contributed by atoms with E-state index in [-0.39, 0.29) is 11.9 Å². The van der Waals surface area contributed by atoms with Gasteiger partial charge >= 0.3 is 6.03 Å². The van der Waals surface area contributed by atoms with Crippen LogP contribution in [-0.2, 0) is 4.79 Å². The van der Waals surface area contributed by atoms with E-state index in [1.807, 2.05) is 18.2 Å². The quantitative estimate of drug-likeness (QED) is 0.443. The molecule has 2 aromatic carbocycles. The van der Waals surface area contributed by atoms with E-state index < -0.39 is 5.54 Å². The fraction of sp³-hybridized carbons (Fsp3) is 0.517. The third-order valence-corrected chi connectivity index (χ3v) is 8.26. The van der Waals surface area contributed by atoms with E-state index in [1.165, 1.54) is 10.5 Å². The van der Waals surface area contributed by atoms with Crippen LogP contribution in [0.25, 0.3) is 0 Å². The van der Waals surface area contributed by atoms with Crippen LogP contribution >= 0.6 is 0 Å². The molecule has 2 saturated heterocycles. The second-order valence-corrected chi connectivity index (χ2v) is 10.4. The normalized spacial score (nSPS) is 24.9. The molecule has 0 atom stereocenters. The summed E-state index contributed by atoms with van der Waals surface area (Å²) >= 11 is 0. The van der Waals surface area contributed by atoms with Gasteiger partial charge in [0.1, 0.15) is 11.3 Å². The van der Waals surface area contributed by atoms with E-state index in [4.69, 9.17) is 4.74 Å². The molecule has 0 aromatic heterocycles. The number of piperazine rings is 1. The van der Waals surface area contributed by atoms with Crippen LogP contribution in [0.3, 0.4) is 0 Å². The number of carbonyl (C=O) groups is 2. The van der Waals surface area contributed by atoms with Gasteiger partial charge in [0, 0.05) is 32.7 Å². The Bertz CT molecular complexity index is 1040. The number of ether oxygens (including phenoxy) is 1. The largest absolute Gasteiger partial charge is 0.495 e. The Balaban J connectivity index is 1.05. The molecular weight excluding hydrogens is 452 g/mol. The third kappa shape index (κ3) is 5.07. The zero-order valence-electron chi connectivity index (χ0n) is 21.3. The molecule has 3 fully saturated rings. The summed E-state index contributed by atoms with van der Waals surface area (Å²) in [5.74, 6) is 1.38. The molecule has 36 heavy (non-hydrogen) atoms. The molecule has 0 radical (unpaired) electrons. The van der Waals surface area contributed by atoms with E-state index >= 15 is 0 Å². The van der Waals surface area contributed by atoms with E-state index in [2.05, 4.69) is 51.5 Å². The van der Waals surface area contributed by atoms with Gasteiger partial charge in [0.05, 0.1) is 12.8 Å². The number of amides is 3. The third-order valence-electron chi connectivity index (χ3n) is 8.26. The van der Waals surface area contributed by atoms with Crippen molar-refractivity contribution in [2.45, 2.75) is 50.0 Å². The van der Waals surface area contributed by atoms with Crippen LogP contribution in [0.5, 0.6) is 5.75 Å². The van der Waals surface area contributed by atoms with Crippen molar-refractivity contribution in [2.24, 2.45) is 0 Å². The molecule has 1 saturated carbocycles. The minimum atomic E-state index is -0.683. The van der Waals surface area contributed by atoms with E-state index in [0.29, 0.717) is 12.5 Å². The molecule has 3 aliphatic rings. The summed E-state index contributed by atoms with van der Waals surface area (Å²) < 4.78 is 5.52. The minimum Gasteiger partial charge on any atom is -0.495 e. The highest BCUT2D eigenvalue weighted by atomic mass is 16.5. The van der Waals surface area contributed by atoms with Gasteiger partial charge in [-0.2, -0.15) is 0 Å². The summed E-state index contributed by atoms with van der Waals surface area (Å²) in [5, 5.41) is 3.07. The number of hydrogen-bond donors (Lipinski definition) is 1. The van der Waals surface area contributed by atoms with Gasteiger partial charge in [-0.3, -0.25) is 14.6 Å². The van der Waals surface area contributed by atoms with E-state index in [1.54, 1.807) is 7.11 Å². The maximum absolute atomic E-state index is 13.3. The molecule has 0 unspecified atom stereocenters. The van der Waals surface area contributed by atoms with Crippen molar-refractivity contribution in [3.8, 4) is 5.75 Å². The van der Waals surface area contributed by atoms with E-state index in [0.717, 1.165) is 82.7 Å². The molecule has 7 heteroatoms. The van der Waals surface area contributed by atoms with Crippen LogP contribution in [0.4, 0.5) is 10.5 Å². The number of nitrogens with zero attached hydrogens (tertiary/aromatic N) is 3. The molecule has 1 spiro atoms. The van der Waals surface area contributed by atoms with Crippen molar-refractivity contribution in [1.82, 2.24) is 15.1 Å². The van der Waals surface area contributed by atoms with Crippen molar-refractivity contribution in [3.63, 3.8) is 0 Å². The number of methoxy groups -OCH3 is 1. The van der Waals surface area contributed by atoms with Gasteiger partial charge in [0.25, 0.3) is 5.91 Å². The average Bonchev–Trinajstić information content (AvgIpc) is 3.16. The zero-order chi connectivity index (χ0) is 25.0. The molecule has 192 valence electrons. The highest BCUT2D eigenvalue weighted by molar-refractivity contribution is 6.07. The number of benzene rings is 2. The number of urea groups is 1. The van der Waals surface area contributed by atoms with Crippen LogP contribution in [0.2, 0.25) is 0 Å². The van der Waals surface area contributed by atoms with Gasteiger partial charge < -0.3 is 15.0 Å². The molecule has 2 aliphatic heterocycles. The second kappa shape index (κ2) is 10.9. The lowest BCUT2D eigenvalue weighted by Crippen LogP contribution is -2.49.